The molecule has 0 aromatic rings. The van der Waals surface area contributed by atoms with Gasteiger partial charge in [0.15, 0.2) is 0 Å². The number of nitrogens with one attached hydrogen (secondary N) is 1. The monoisotopic (exact) mass is 264 g/mol. The molecule has 2 heterocycles. The molecule has 1 amide bonds. The third-order valence-electron chi connectivity index (χ3n) is 4.08. The maximum Gasteiger partial charge on any atom is 0.389 e. The van der Waals surface area contributed by atoms with Gasteiger partial charge in [-0.1, -0.05) is 0 Å². The summed E-state index contributed by atoms with van der Waals surface area (Å²) in [6.45, 7) is 3.16. The van der Waals surface area contributed by atoms with Crippen LogP contribution in [0.2, 0.25) is 0 Å². The fraction of sp³-hybridized carbons (Fsp3) is 0.917. The Kier molecular flexibility index (Phi) is 3.84. The minimum Gasteiger partial charge on any atom is -0.342 e. The highest BCUT2D eigenvalue weighted by atomic mass is 19.4. The first-order chi connectivity index (χ1) is 8.40. The Morgan fingerprint density at radius 2 is 1.89 bits per heavy atom. The van der Waals surface area contributed by atoms with Crippen LogP contribution in [0.4, 0.5) is 13.2 Å². The van der Waals surface area contributed by atoms with E-state index >= 15 is 0 Å². The summed E-state index contributed by atoms with van der Waals surface area (Å²) in [6.07, 6.45) is -2.66. The van der Waals surface area contributed by atoms with Gasteiger partial charge in [0.05, 0.1) is 6.42 Å². The Morgan fingerprint density at radius 3 is 2.50 bits per heavy atom. The highest BCUT2D eigenvalue weighted by Gasteiger charge is 2.40. The maximum atomic E-state index is 12.1. The second kappa shape index (κ2) is 5.07. The Balaban J connectivity index is 1.82. The minimum absolute atomic E-state index is 0.166. The molecule has 0 saturated carbocycles. The average molecular weight is 264 g/mol. The third kappa shape index (κ3) is 3.37. The van der Waals surface area contributed by atoms with Crippen LogP contribution in [-0.4, -0.2) is 43.2 Å². The van der Waals surface area contributed by atoms with Crippen molar-refractivity contribution in [3.63, 3.8) is 0 Å². The smallest absolute Gasteiger partial charge is 0.342 e. The number of amides is 1. The fourth-order valence-electron chi connectivity index (χ4n) is 2.92. The van der Waals surface area contributed by atoms with Crippen LogP contribution in [0, 0.1) is 5.41 Å². The van der Waals surface area contributed by atoms with Crippen molar-refractivity contribution in [2.45, 2.75) is 38.3 Å². The largest absolute Gasteiger partial charge is 0.389 e. The number of nitrogens with zero attached hydrogens (tertiary/aromatic N) is 1. The molecule has 2 aliphatic rings. The molecule has 3 nitrogen and oxygen atoms in total. The summed E-state index contributed by atoms with van der Waals surface area (Å²) in [5.41, 5.74) is 0.166. The van der Waals surface area contributed by atoms with E-state index in [1.54, 1.807) is 4.90 Å². The molecule has 104 valence electrons. The van der Waals surface area contributed by atoms with Crippen molar-refractivity contribution in [3.8, 4) is 0 Å². The van der Waals surface area contributed by atoms with Gasteiger partial charge < -0.3 is 10.2 Å². The van der Waals surface area contributed by atoms with E-state index < -0.39 is 19.0 Å². The molecule has 2 saturated heterocycles. The summed E-state index contributed by atoms with van der Waals surface area (Å²) >= 11 is 0. The van der Waals surface area contributed by atoms with E-state index in [4.69, 9.17) is 0 Å². The highest BCUT2D eigenvalue weighted by Crippen LogP contribution is 2.38. The summed E-state index contributed by atoms with van der Waals surface area (Å²) in [5, 5.41) is 3.27. The number of alkyl halides is 3. The molecule has 0 atom stereocenters. The molecule has 0 unspecified atom stereocenters. The van der Waals surface area contributed by atoms with E-state index in [-0.39, 0.29) is 11.3 Å². The van der Waals surface area contributed by atoms with Crippen molar-refractivity contribution < 1.29 is 18.0 Å². The molecule has 2 rings (SSSR count). The molecule has 0 aromatic heterocycles. The van der Waals surface area contributed by atoms with E-state index in [2.05, 4.69) is 5.32 Å². The van der Waals surface area contributed by atoms with Crippen molar-refractivity contribution in [3.05, 3.63) is 0 Å². The van der Waals surface area contributed by atoms with Crippen LogP contribution in [0.25, 0.3) is 0 Å². The van der Waals surface area contributed by atoms with Gasteiger partial charge in [-0.05, 0) is 37.8 Å². The van der Waals surface area contributed by atoms with E-state index in [1.807, 2.05) is 0 Å². The molecule has 2 aliphatic heterocycles. The van der Waals surface area contributed by atoms with Crippen LogP contribution in [0.1, 0.15) is 32.1 Å². The average Bonchev–Trinajstić information content (AvgIpc) is 2.70. The lowest BCUT2D eigenvalue weighted by Gasteiger charge is -2.33. The Hall–Kier alpha value is -0.780. The van der Waals surface area contributed by atoms with Crippen molar-refractivity contribution in [1.82, 2.24) is 10.2 Å². The predicted molar refractivity (Wildman–Crippen MR) is 61.0 cm³/mol. The number of hydrogen-bond donors (Lipinski definition) is 1. The lowest BCUT2D eigenvalue weighted by Crippen LogP contribution is -2.39. The molecule has 2 fully saturated rings. The fourth-order valence-corrected chi connectivity index (χ4v) is 2.92. The van der Waals surface area contributed by atoms with E-state index in [0.29, 0.717) is 13.1 Å². The summed E-state index contributed by atoms with van der Waals surface area (Å²) in [6, 6.07) is 0. The SMILES string of the molecule is O=C(CCC(F)(F)F)N1CCC2(CCNCC2)C1. The lowest BCUT2D eigenvalue weighted by atomic mass is 9.78. The van der Waals surface area contributed by atoms with Gasteiger partial charge in [-0.2, -0.15) is 13.2 Å². The standard InChI is InChI=1S/C12H19F3N2O/c13-12(14,15)2-1-10(18)17-8-5-11(9-17)3-6-16-7-4-11/h16H,1-9H2. The lowest BCUT2D eigenvalue weighted by molar-refractivity contribution is -0.148. The van der Waals surface area contributed by atoms with Crippen LogP contribution in [0.15, 0.2) is 0 Å². The summed E-state index contributed by atoms with van der Waals surface area (Å²) in [5.74, 6) is -0.345. The number of hydrogen-bond acceptors (Lipinski definition) is 2. The third-order valence-corrected chi connectivity index (χ3v) is 4.08. The molecule has 1 N–H and O–H groups in total. The Morgan fingerprint density at radius 1 is 1.22 bits per heavy atom. The predicted octanol–water partition coefficient (Wildman–Crippen LogP) is 1.93. The Bertz CT molecular complexity index is 311. The van der Waals surface area contributed by atoms with E-state index in [9.17, 15) is 18.0 Å². The van der Waals surface area contributed by atoms with Crippen LogP contribution >= 0.6 is 0 Å². The topological polar surface area (TPSA) is 32.3 Å². The first-order valence-electron chi connectivity index (χ1n) is 6.46. The minimum atomic E-state index is -4.23. The van der Waals surface area contributed by atoms with Crippen LogP contribution < -0.4 is 5.32 Å². The van der Waals surface area contributed by atoms with Crippen molar-refractivity contribution in [2.75, 3.05) is 26.2 Å². The van der Waals surface area contributed by atoms with E-state index in [0.717, 1.165) is 32.4 Å². The second-order valence-corrected chi connectivity index (χ2v) is 5.43. The van der Waals surface area contributed by atoms with Gasteiger partial charge in [-0.15, -0.1) is 0 Å². The molecule has 6 heteroatoms. The summed E-state index contributed by atoms with van der Waals surface area (Å²) in [7, 11) is 0. The zero-order valence-corrected chi connectivity index (χ0v) is 10.4. The zero-order valence-electron chi connectivity index (χ0n) is 10.4. The molecular weight excluding hydrogens is 245 g/mol. The van der Waals surface area contributed by atoms with Crippen molar-refractivity contribution in [2.24, 2.45) is 5.41 Å². The Labute approximate surface area is 105 Å². The number of likely N-dealkylation sites (tertiary alicyclic amines) is 1. The number of piperidine rings is 1. The van der Waals surface area contributed by atoms with E-state index in [1.165, 1.54) is 0 Å². The zero-order chi connectivity index (χ0) is 13.2. The van der Waals surface area contributed by atoms with Crippen LogP contribution in [0.5, 0.6) is 0 Å². The number of carbonyl (C=O) groups is 1. The number of carbonyl (C=O) groups excluding carboxylic acids is 1. The molecule has 18 heavy (non-hydrogen) atoms. The van der Waals surface area contributed by atoms with Crippen LogP contribution in [0.3, 0.4) is 0 Å². The molecule has 0 aliphatic carbocycles. The first-order valence-corrected chi connectivity index (χ1v) is 6.46. The maximum absolute atomic E-state index is 12.1. The summed E-state index contributed by atoms with van der Waals surface area (Å²) < 4.78 is 36.2. The van der Waals surface area contributed by atoms with Gasteiger partial charge in [0.2, 0.25) is 5.91 Å². The molecule has 0 bridgehead atoms. The van der Waals surface area contributed by atoms with Crippen LogP contribution in [-0.2, 0) is 4.79 Å². The second-order valence-electron chi connectivity index (χ2n) is 5.43. The highest BCUT2D eigenvalue weighted by molar-refractivity contribution is 5.76. The normalized spacial score (nSPS) is 23.6. The quantitative estimate of drug-likeness (QED) is 0.826. The van der Waals surface area contributed by atoms with Gasteiger partial charge in [-0.25, -0.2) is 0 Å². The summed E-state index contributed by atoms with van der Waals surface area (Å²) in [4.78, 5) is 13.4. The van der Waals surface area contributed by atoms with Crippen molar-refractivity contribution >= 4 is 5.91 Å². The molecule has 1 spiro atoms. The molecule has 0 radical (unpaired) electrons. The van der Waals surface area contributed by atoms with Gasteiger partial charge in [0.25, 0.3) is 0 Å². The van der Waals surface area contributed by atoms with Crippen molar-refractivity contribution in [1.29, 1.82) is 0 Å². The van der Waals surface area contributed by atoms with Gasteiger partial charge in [-0.3, -0.25) is 4.79 Å². The first kappa shape index (κ1) is 13.6. The number of rotatable bonds is 2. The van der Waals surface area contributed by atoms with Gasteiger partial charge in [0, 0.05) is 19.5 Å². The molecular formula is C12H19F3N2O. The number of halogens is 3. The van der Waals surface area contributed by atoms with Gasteiger partial charge in [0.1, 0.15) is 0 Å². The van der Waals surface area contributed by atoms with Gasteiger partial charge >= 0.3 is 6.18 Å². The molecule has 0 aromatic carbocycles.